The molecule has 0 bridgehead atoms. The Balaban J connectivity index is 1.27. The van der Waals surface area contributed by atoms with Gasteiger partial charge in [0.05, 0.1) is 44.7 Å². The minimum absolute atomic E-state index is 0.00648. The molecule has 1 fully saturated rings. The zero-order valence-electron chi connectivity index (χ0n) is 19.5. The van der Waals surface area contributed by atoms with Gasteiger partial charge >= 0.3 is 0 Å². The summed E-state index contributed by atoms with van der Waals surface area (Å²) in [6.45, 7) is 4.28. The Hall–Kier alpha value is -2.91. The first-order valence-electron chi connectivity index (χ1n) is 11.1. The van der Waals surface area contributed by atoms with E-state index in [0.717, 1.165) is 19.6 Å². The number of thiazole rings is 1. The summed E-state index contributed by atoms with van der Waals surface area (Å²) in [5, 5.41) is 20.5. The van der Waals surface area contributed by atoms with Crippen LogP contribution < -0.4 is 0 Å². The molecule has 0 N–H and O–H groups in total. The first-order chi connectivity index (χ1) is 17.9. The predicted molar refractivity (Wildman–Crippen MR) is 147 cm³/mol. The van der Waals surface area contributed by atoms with Crippen molar-refractivity contribution in [2.75, 3.05) is 32.1 Å². The number of carbonyl (C=O) groups is 1. The van der Waals surface area contributed by atoms with Crippen LogP contribution in [0.3, 0.4) is 0 Å². The second-order valence-electron chi connectivity index (χ2n) is 7.85. The van der Waals surface area contributed by atoms with Gasteiger partial charge in [-0.25, -0.2) is 4.98 Å². The van der Waals surface area contributed by atoms with Crippen molar-refractivity contribution in [3.8, 4) is 0 Å². The average Bonchev–Trinajstić information content (AvgIpc) is 3.51. The number of amides is 1. The SMILES string of the molecule is Cc1nnc(Sc2ccc(C=Nc3ccc4nc(SCC(=O)N5CCOCC5)sc4c3)cc2[N+](=O)[O-])s1. The van der Waals surface area contributed by atoms with Gasteiger partial charge in [-0.1, -0.05) is 40.9 Å². The molecule has 1 aliphatic rings. The van der Waals surface area contributed by atoms with Gasteiger partial charge in [0.15, 0.2) is 8.68 Å². The summed E-state index contributed by atoms with van der Waals surface area (Å²) in [5.41, 5.74) is 2.16. The number of benzene rings is 2. The van der Waals surface area contributed by atoms with Gasteiger partial charge < -0.3 is 9.64 Å². The molecule has 2 aromatic heterocycles. The van der Waals surface area contributed by atoms with E-state index in [4.69, 9.17) is 4.74 Å². The molecule has 14 heteroatoms. The number of hydrogen-bond donors (Lipinski definition) is 0. The van der Waals surface area contributed by atoms with Gasteiger partial charge in [-0.05, 0) is 36.8 Å². The molecule has 2 aromatic carbocycles. The lowest BCUT2D eigenvalue weighted by molar-refractivity contribution is -0.387. The summed E-state index contributed by atoms with van der Waals surface area (Å²) in [4.78, 5) is 35.1. The molecule has 0 radical (unpaired) electrons. The Morgan fingerprint density at radius 3 is 2.78 bits per heavy atom. The number of nitro benzene ring substituents is 1. The molecule has 0 unspecified atom stereocenters. The van der Waals surface area contributed by atoms with Crippen molar-refractivity contribution in [2.24, 2.45) is 4.99 Å². The minimum Gasteiger partial charge on any atom is -0.378 e. The number of aryl methyl sites for hydroxylation is 1. The van der Waals surface area contributed by atoms with Crippen molar-refractivity contribution in [1.29, 1.82) is 0 Å². The highest BCUT2D eigenvalue weighted by Gasteiger charge is 2.19. The predicted octanol–water partition coefficient (Wildman–Crippen LogP) is 5.22. The summed E-state index contributed by atoms with van der Waals surface area (Å²) >= 11 is 5.56. The second-order valence-corrected chi connectivity index (χ2v) is 12.6. The third-order valence-corrected chi connectivity index (χ3v) is 9.38. The molecule has 1 saturated heterocycles. The van der Waals surface area contributed by atoms with Crippen LogP contribution in [0.2, 0.25) is 0 Å². The number of aromatic nitrogens is 3. The fraction of sp³-hybridized carbons (Fsp3) is 0.261. The molecule has 0 spiro atoms. The van der Waals surface area contributed by atoms with Crippen LogP contribution in [0.4, 0.5) is 11.4 Å². The topological polar surface area (TPSA) is 124 Å². The van der Waals surface area contributed by atoms with Gasteiger partial charge in [-0.3, -0.25) is 19.9 Å². The van der Waals surface area contributed by atoms with E-state index in [1.165, 1.54) is 52.3 Å². The van der Waals surface area contributed by atoms with E-state index in [-0.39, 0.29) is 11.6 Å². The van der Waals surface area contributed by atoms with Gasteiger partial charge in [-0.2, -0.15) is 0 Å². The maximum atomic E-state index is 12.4. The van der Waals surface area contributed by atoms with Crippen LogP contribution in [0.25, 0.3) is 10.2 Å². The normalized spacial score (nSPS) is 14.0. The fourth-order valence-corrected chi connectivity index (χ4v) is 7.33. The summed E-state index contributed by atoms with van der Waals surface area (Å²) in [6.07, 6.45) is 1.61. The number of carbonyl (C=O) groups excluding carboxylic acids is 1. The van der Waals surface area contributed by atoms with Crippen molar-refractivity contribution < 1.29 is 14.5 Å². The number of aliphatic imine (C=N–C) groups is 1. The molecule has 0 aliphatic carbocycles. The van der Waals surface area contributed by atoms with E-state index in [2.05, 4.69) is 20.2 Å². The number of rotatable bonds is 8. The fourth-order valence-electron chi connectivity index (χ4n) is 3.47. The number of morpholine rings is 1. The maximum absolute atomic E-state index is 12.4. The van der Waals surface area contributed by atoms with E-state index in [1.807, 2.05) is 30.0 Å². The number of thioether (sulfide) groups is 1. The molecule has 0 atom stereocenters. The van der Waals surface area contributed by atoms with Crippen LogP contribution in [0.15, 0.2) is 55.0 Å². The van der Waals surface area contributed by atoms with Crippen molar-refractivity contribution >= 4 is 79.9 Å². The molecule has 4 aromatic rings. The molecule has 5 rings (SSSR count). The third-order valence-electron chi connectivity index (χ3n) is 5.28. The Morgan fingerprint density at radius 1 is 1.19 bits per heavy atom. The smallest absolute Gasteiger partial charge is 0.283 e. The van der Waals surface area contributed by atoms with Crippen LogP contribution in [0.1, 0.15) is 10.6 Å². The Bertz CT molecular complexity index is 1480. The number of fused-ring (bicyclic) bond motifs is 1. The number of hydrogen-bond acceptors (Lipinski definition) is 12. The Morgan fingerprint density at radius 2 is 2.03 bits per heavy atom. The molecule has 190 valence electrons. The molecule has 0 saturated carbocycles. The quantitative estimate of drug-likeness (QED) is 0.121. The Kier molecular flexibility index (Phi) is 8.10. The summed E-state index contributed by atoms with van der Waals surface area (Å²) < 4.78 is 7.74. The first-order valence-corrected chi connectivity index (χ1v) is 14.6. The molecular formula is C23H20N6O4S4. The lowest BCUT2D eigenvalue weighted by atomic mass is 10.2. The van der Waals surface area contributed by atoms with Gasteiger partial charge in [-0.15, -0.1) is 21.5 Å². The van der Waals surface area contributed by atoms with Crippen molar-refractivity contribution in [3.63, 3.8) is 0 Å². The zero-order chi connectivity index (χ0) is 25.8. The average molecular weight is 573 g/mol. The molecule has 10 nitrogen and oxygen atoms in total. The molecule has 1 aliphatic heterocycles. The molecule has 37 heavy (non-hydrogen) atoms. The molecule has 1 amide bonds. The largest absolute Gasteiger partial charge is 0.378 e. The summed E-state index contributed by atoms with van der Waals surface area (Å²) in [7, 11) is 0. The highest BCUT2D eigenvalue weighted by molar-refractivity contribution is 8.01. The number of nitro groups is 1. The van der Waals surface area contributed by atoms with Crippen LogP contribution in [0.5, 0.6) is 0 Å². The van der Waals surface area contributed by atoms with Crippen LogP contribution in [0, 0.1) is 17.0 Å². The van der Waals surface area contributed by atoms with E-state index < -0.39 is 4.92 Å². The van der Waals surface area contributed by atoms with E-state index in [9.17, 15) is 14.9 Å². The third kappa shape index (κ3) is 6.51. The second kappa shape index (κ2) is 11.6. The van der Waals surface area contributed by atoms with Crippen molar-refractivity contribution in [3.05, 3.63) is 57.1 Å². The standard InChI is InChI=1S/C23H20N6O4S4/c1-14-26-27-23(35-14)36-19-5-2-15(10-18(19)29(31)32)12-24-16-3-4-17-20(11-16)37-22(25-17)34-13-21(30)28-6-8-33-9-7-28/h2-5,10-12H,6-9,13H2,1H3. The van der Waals surface area contributed by atoms with E-state index in [1.54, 1.807) is 18.3 Å². The summed E-state index contributed by atoms with van der Waals surface area (Å²) in [6, 6.07) is 10.7. The van der Waals surface area contributed by atoms with Crippen LogP contribution in [-0.4, -0.2) is 69.2 Å². The van der Waals surface area contributed by atoms with Crippen LogP contribution >= 0.6 is 46.2 Å². The summed E-state index contributed by atoms with van der Waals surface area (Å²) in [5.74, 6) is 0.436. The maximum Gasteiger partial charge on any atom is 0.283 e. The van der Waals surface area contributed by atoms with Crippen LogP contribution in [-0.2, 0) is 9.53 Å². The molecule has 3 heterocycles. The number of ether oxygens (including phenoxy) is 1. The van der Waals surface area contributed by atoms with Gasteiger partial charge in [0, 0.05) is 25.4 Å². The van der Waals surface area contributed by atoms with E-state index in [0.29, 0.717) is 52.5 Å². The minimum atomic E-state index is -0.403. The monoisotopic (exact) mass is 572 g/mol. The highest BCUT2D eigenvalue weighted by atomic mass is 32.2. The van der Waals surface area contributed by atoms with Gasteiger partial charge in [0.25, 0.3) is 5.69 Å². The van der Waals surface area contributed by atoms with Crippen molar-refractivity contribution in [2.45, 2.75) is 20.5 Å². The lowest BCUT2D eigenvalue weighted by Crippen LogP contribution is -2.41. The van der Waals surface area contributed by atoms with E-state index >= 15 is 0 Å². The highest BCUT2D eigenvalue weighted by Crippen LogP contribution is 2.37. The lowest BCUT2D eigenvalue weighted by Gasteiger charge is -2.26. The van der Waals surface area contributed by atoms with Gasteiger partial charge in [0.1, 0.15) is 5.01 Å². The Labute approximate surface area is 228 Å². The van der Waals surface area contributed by atoms with Crippen molar-refractivity contribution in [1.82, 2.24) is 20.1 Å². The van der Waals surface area contributed by atoms with Gasteiger partial charge in [0.2, 0.25) is 5.91 Å². The molecular weight excluding hydrogens is 553 g/mol. The zero-order valence-corrected chi connectivity index (χ0v) is 22.8. The number of nitrogens with zero attached hydrogens (tertiary/aromatic N) is 6. The first kappa shape index (κ1) is 25.7.